The molecule has 2 aliphatic rings. The molecule has 1 N–H and O–H groups in total. The van der Waals surface area contributed by atoms with Gasteiger partial charge < -0.3 is 9.64 Å². The first kappa shape index (κ1) is 16.3. The predicted molar refractivity (Wildman–Crippen MR) is 80.8 cm³/mol. The van der Waals surface area contributed by atoms with Gasteiger partial charge in [0.1, 0.15) is 5.54 Å². The summed E-state index contributed by atoms with van der Waals surface area (Å²) >= 11 is 0. The number of methoxy groups -OCH3 is 1. The molecule has 5 nitrogen and oxygen atoms in total. The van der Waals surface area contributed by atoms with Gasteiger partial charge in [-0.3, -0.25) is 14.9 Å². The standard InChI is InChI=1S/C16H28N2O3/c1-16(13-8-9-13,15(20)21-2)17-12-14(19)18-10-6-4-3-5-7-11-18/h13,17H,3-12H2,1-2H3. The average Bonchev–Trinajstić information content (AvgIpc) is 3.28. The first-order valence-electron chi connectivity index (χ1n) is 8.19. The first-order valence-corrected chi connectivity index (χ1v) is 8.19. The number of rotatable bonds is 5. The number of hydrogen-bond donors (Lipinski definition) is 1. The van der Waals surface area contributed by atoms with E-state index in [4.69, 9.17) is 4.74 Å². The van der Waals surface area contributed by atoms with Crippen molar-refractivity contribution in [1.29, 1.82) is 0 Å². The first-order chi connectivity index (χ1) is 10.1. The number of esters is 1. The van der Waals surface area contributed by atoms with E-state index in [9.17, 15) is 9.59 Å². The Morgan fingerprint density at radius 2 is 1.71 bits per heavy atom. The van der Waals surface area contributed by atoms with Gasteiger partial charge in [-0.25, -0.2) is 0 Å². The molecule has 0 aromatic heterocycles. The van der Waals surface area contributed by atoms with E-state index in [1.165, 1.54) is 26.4 Å². The summed E-state index contributed by atoms with van der Waals surface area (Å²) in [6.07, 6.45) is 7.92. The van der Waals surface area contributed by atoms with Gasteiger partial charge in [0.05, 0.1) is 13.7 Å². The summed E-state index contributed by atoms with van der Waals surface area (Å²) in [6.45, 7) is 3.77. The van der Waals surface area contributed by atoms with Gasteiger partial charge in [0, 0.05) is 13.1 Å². The van der Waals surface area contributed by atoms with Crippen molar-refractivity contribution < 1.29 is 14.3 Å². The predicted octanol–water partition coefficient (Wildman–Crippen LogP) is 1.71. The summed E-state index contributed by atoms with van der Waals surface area (Å²) in [4.78, 5) is 26.3. The zero-order valence-electron chi connectivity index (χ0n) is 13.3. The molecule has 0 bridgehead atoms. The van der Waals surface area contributed by atoms with Crippen LogP contribution in [0.2, 0.25) is 0 Å². The van der Waals surface area contributed by atoms with Gasteiger partial charge in [0.25, 0.3) is 0 Å². The maximum Gasteiger partial charge on any atom is 0.326 e. The molecule has 1 unspecified atom stereocenters. The van der Waals surface area contributed by atoms with Crippen LogP contribution in [0.25, 0.3) is 0 Å². The van der Waals surface area contributed by atoms with Crippen molar-refractivity contribution >= 4 is 11.9 Å². The second-order valence-corrected chi connectivity index (χ2v) is 6.47. The van der Waals surface area contributed by atoms with E-state index >= 15 is 0 Å². The molecule has 1 aliphatic heterocycles. The van der Waals surface area contributed by atoms with Gasteiger partial charge in [-0.1, -0.05) is 19.3 Å². The second kappa shape index (κ2) is 7.25. The summed E-state index contributed by atoms with van der Waals surface area (Å²) < 4.78 is 4.90. The molecule has 1 atom stereocenters. The lowest BCUT2D eigenvalue weighted by Crippen LogP contribution is -2.55. The fourth-order valence-corrected chi connectivity index (χ4v) is 3.12. The Bertz CT molecular complexity index is 374. The highest BCUT2D eigenvalue weighted by molar-refractivity contribution is 5.83. The van der Waals surface area contributed by atoms with Crippen LogP contribution < -0.4 is 5.32 Å². The topological polar surface area (TPSA) is 58.6 Å². The Morgan fingerprint density at radius 3 is 2.24 bits per heavy atom. The van der Waals surface area contributed by atoms with E-state index in [2.05, 4.69) is 5.32 Å². The summed E-state index contributed by atoms with van der Waals surface area (Å²) in [5.41, 5.74) is -0.715. The highest BCUT2D eigenvalue weighted by Crippen LogP contribution is 2.40. The SMILES string of the molecule is COC(=O)C(C)(NCC(=O)N1CCCCCCC1)C1CC1. The highest BCUT2D eigenvalue weighted by Gasteiger charge is 2.48. The molecule has 1 amide bonds. The lowest BCUT2D eigenvalue weighted by molar-refractivity contribution is -0.149. The normalized spacial score (nSPS) is 22.9. The Kier molecular flexibility index (Phi) is 5.62. The number of nitrogens with one attached hydrogen (secondary N) is 1. The van der Waals surface area contributed by atoms with Crippen LogP contribution in [0.3, 0.4) is 0 Å². The molecule has 1 saturated carbocycles. The summed E-state index contributed by atoms with van der Waals surface area (Å²) in [7, 11) is 1.41. The number of hydrogen-bond acceptors (Lipinski definition) is 4. The molecule has 0 spiro atoms. The Balaban J connectivity index is 1.87. The quantitative estimate of drug-likeness (QED) is 0.785. The third kappa shape index (κ3) is 4.19. The molecule has 1 heterocycles. The third-order valence-electron chi connectivity index (χ3n) is 4.82. The Labute approximate surface area is 127 Å². The Hall–Kier alpha value is -1.10. The molecular formula is C16H28N2O3. The Morgan fingerprint density at radius 1 is 1.14 bits per heavy atom. The van der Waals surface area contributed by atoms with E-state index in [1.807, 2.05) is 11.8 Å². The van der Waals surface area contributed by atoms with Crippen LogP contribution in [0.15, 0.2) is 0 Å². The van der Waals surface area contributed by atoms with Gasteiger partial charge in [-0.2, -0.15) is 0 Å². The minimum absolute atomic E-state index is 0.104. The molecule has 0 aromatic carbocycles. The van der Waals surface area contributed by atoms with Gasteiger partial charge in [-0.15, -0.1) is 0 Å². The van der Waals surface area contributed by atoms with Crippen molar-refractivity contribution in [3.8, 4) is 0 Å². The smallest absolute Gasteiger partial charge is 0.326 e. The van der Waals surface area contributed by atoms with Crippen LogP contribution in [0.4, 0.5) is 0 Å². The molecule has 1 saturated heterocycles. The number of ether oxygens (including phenoxy) is 1. The number of amides is 1. The summed E-state index contributed by atoms with van der Waals surface area (Å²) in [5.74, 6) is 0.142. The van der Waals surface area contributed by atoms with Crippen LogP contribution in [0.1, 0.15) is 51.9 Å². The maximum atomic E-state index is 12.4. The van der Waals surface area contributed by atoms with Crippen LogP contribution in [-0.4, -0.2) is 49.1 Å². The molecule has 0 radical (unpaired) electrons. The number of carbonyl (C=O) groups excluding carboxylic acids is 2. The van der Waals surface area contributed by atoms with Crippen molar-refractivity contribution in [2.75, 3.05) is 26.7 Å². The summed E-state index contributed by atoms with van der Waals surface area (Å²) in [5, 5.41) is 3.18. The average molecular weight is 296 g/mol. The van der Waals surface area contributed by atoms with Crippen molar-refractivity contribution in [2.45, 2.75) is 57.4 Å². The fraction of sp³-hybridized carbons (Fsp3) is 0.875. The van der Waals surface area contributed by atoms with Gasteiger partial charge in [0.2, 0.25) is 5.91 Å². The molecule has 5 heteroatoms. The molecule has 2 rings (SSSR count). The minimum Gasteiger partial charge on any atom is -0.468 e. The zero-order valence-corrected chi connectivity index (χ0v) is 13.3. The van der Waals surface area contributed by atoms with Crippen LogP contribution >= 0.6 is 0 Å². The molecule has 21 heavy (non-hydrogen) atoms. The fourth-order valence-electron chi connectivity index (χ4n) is 3.12. The monoisotopic (exact) mass is 296 g/mol. The zero-order chi connectivity index (χ0) is 15.3. The molecule has 120 valence electrons. The van der Waals surface area contributed by atoms with Crippen LogP contribution in [0.5, 0.6) is 0 Å². The van der Waals surface area contributed by atoms with Crippen molar-refractivity contribution in [3.63, 3.8) is 0 Å². The van der Waals surface area contributed by atoms with E-state index in [1.54, 1.807) is 0 Å². The van der Waals surface area contributed by atoms with Crippen molar-refractivity contribution in [1.82, 2.24) is 10.2 Å². The number of likely N-dealkylation sites (tertiary alicyclic amines) is 1. The largest absolute Gasteiger partial charge is 0.468 e. The molecular weight excluding hydrogens is 268 g/mol. The number of carbonyl (C=O) groups is 2. The molecule has 2 fully saturated rings. The minimum atomic E-state index is -0.715. The van der Waals surface area contributed by atoms with Crippen LogP contribution in [-0.2, 0) is 14.3 Å². The van der Waals surface area contributed by atoms with E-state index < -0.39 is 5.54 Å². The van der Waals surface area contributed by atoms with E-state index in [0.717, 1.165) is 38.8 Å². The van der Waals surface area contributed by atoms with Crippen LogP contribution in [0, 0.1) is 5.92 Å². The van der Waals surface area contributed by atoms with E-state index in [0.29, 0.717) is 5.92 Å². The van der Waals surface area contributed by atoms with Crippen molar-refractivity contribution in [2.24, 2.45) is 5.92 Å². The second-order valence-electron chi connectivity index (χ2n) is 6.47. The van der Waals surface area contributed by atoms with Gasteiger partial charge in [-0.05, 0) is 38.5 Å². The summed E-state index contributed by atoms with van der Waals surface area (Å²) in [6, 6.07) is 0. The maximum absolute atomic E-state index is 12.4. The lowest BCUT2D eigenvalue weighted by atomic mass is 9.96. The van der Waals surface area contributed by atoms with E-state index in [-0.39, 0.29) is 18.4 Å². The molecule has 0 aromatic rings. The highest BCUT2D eigenvalue weighted by atomic mass is 16.5. The van der Waals surface area contributed by atoms with Gasteiger partial charge in [0.15, 0.2) is 0 Å². The molecule has 1 aliphatic carbocycles. The third-order valence-corrected chi connectivity index (χ3v) is 4.82. The lowest BCUT2D eigenvalue weighted by Gasteiger charge is -2.30. The number of nitrogens with zero attached hydrogens (tertiary/aromatic N) is 1. The van der Waals surface area contributed by atoms with Gasteiger partial charge >= 0.3 is 5.97 Å². The van der Waals surface area contributed by atoms with Crippen molar-refractivity contribution in [3.05, 3.63) is 0 Å².